The first kappa shape index (κ1) is 10.5. The average molecular weight is 246 g/mol. The third-order valence-corrected chi connectivity index (χ3v) is 5.19. The van der Waals surface area contributed by atoms with Gasteiger partial charge in [0.15, 0.2) is 0 Å². The van der Waals surface area contributed by atoms with Crippen molar-refractivity contribution in [1.29, 1.82) is 0 Å². The van der Waals surface area contributed by atoms with E-state index in [0.717, 1.165) is 11.8 Å². The van der Waals surface area contributed by atoms with Crippen molar-refractivity contribution in [2.75, 3.05) is 5.32 Å². The zero-order valence-corrected chi connectivity index (χ0v) is 10.3. The monoisotopic (exact) mass is 246 g/mol. The van der Waals surface area contributed by atoms with Crippen molar-refractivity contribution in [3.05, 3.63) is 6.33 Å². The third kappa shape index (κ3) is 1.56. The summed E-state index contributed by atoms with van der Waals surface area (Å²) in [7, 11) is 0. The largest absolute Gasteiger partial charge is 0.295 e. The fraction of sp³-hybridized carbons (Fsp3) is 0.769. The predicted molar refractivity (Wildman–Crippen MR) is 65.5 cm³/mol. The van der Waals surface area contributed by atoms with E-state index >= 15 is 0 Å². The third-order valence-electron chi connectivity index (χ3n) is 5.19. The molecule has 0 aliphatic heterocycles. The Labute approximate surface area is 106 Å². The summed E-state index contributed by atoms with van der Waals surface area (Å²) in [6.07, 6.45) is 7.90. The van der Waals surface area contributed by atoms with Gasteiger partial charge in [0.2, 0.25) is 11.9 Å². The van der Waals surface area contributed by atoms with E-state index in [0.29, 0.717) is 17.8 Å². The highest BCUT2D eigenvalue weighted by Crippen LogP contribution is 2.56. The number of hydrogen-bond acceptors (Lipinski definition) is 3. The van der Waals surface area contributed by atoms with E-state index in [-0.39, 0.29) is 11.8 Å². The molecule has 0 saturated heterocycles. The summed E-state index contributed by atoms with van der Waals surface area (Å²) in [6.45, 7) is 0. The van der Waals surface area contributed by atoms with Crippen LogP contribution in [0.3, 0.4) is 0 Å². The second-order valence-electron chi connectivity index (χ2n) is 6.28. The highest BCUT2D eigenvalue weighted by atomic mass is 16.2. The van der Waals surface area contributed by atoms with Crippen molar-refractivity contribution in [1.82, 2.24) is 15.2 Å². The molecular weight excluding hydrogens is 228 g/mol. The number of carbonyl (C=O) groups is 1. The van der Waals surface area contributed by atoms with Crippen LogP contribution in [0.15, 0.2) is 6.33 Å². The van der Waals surface area contributed by atoms with Crippen LogP contribution in [0.1, 0.15) is 32.1 Å². The van der Waals surface area contributed by atoms with Crippen molar-refractivity contribution in [3.63, 3.8) is 0 Å². The first-order valence-corrected chi connectivity index (χ1v) is 6.96. The minimum absolute atomic E-state index is 0.153. The van der Waals surface area contributed by atoms with E-state index < -0.39 is 0 Å². The molecule has 0 spiro atoms. The van der Waals surface area contributed by atoms with E-state index in [1.807, 2.05) is 0 Å². The Hall–Kier alpha value is -1.39. The fourth-order valence-electron chi connectivity index (χ4n) is 4.82. The molecule has 2 N–H and O–H groups in total. The van der Waals surface area contributed by atoms with E-state index in [2.05, 4.69) is 20.5 Å². The molecule has 1 heterocycles. The molecule has 0 radical (unpaired) electrons. The van der Waals surface area contributed by atoms with Crippen LogP contribution < -0.4 is 5.32 Å². The number of rotatable bonds is 2. The molecule has 96 valence electrons. The lowest BCUT2D eigenvalue weighted by Crippen LogP contribution is -2.49. The fourth-order valence-corrected chi connectivity index (χ4v) is 4.82. The molecule has 1 aromatic rings. The van der Waals surface area contributed by atoms with E-state index in [9.17, 15) is 4.79 Å². The van der Waals surface area contributed by atoms with Gasteiger partial charge in [-0.05, 0) is 55.8 Å². The van der Waals surface area contributed by atoms with Gasteiger partial charge < -0.3 is 0 Å². The van der Waals surface area contributed by atoms with Crippen LogP contribution in [0.4, 0.5) is 5.95 Å². The van der Waals surface area contributed by atoms with Crippen molar-refractivity contribution in [2.45, 2.75) is 32.1 Å². The normalized spacial score (nSPS) is 41.0. The molecule has 1 aromatic heterocycles. The standard InChI is InChI=1S/C13H18N4O/c18-12(16-13-14-6-15-17-13)11-9-2-7-1-8(4-9)5-10(11)3-7/h6-11H,1-5H2,(H2,14,15,16,17,18). The molecule has 5 heteroatoms. The van der Waals surface area contributed by atoms with Crippen molar-refractivity contribution in [3.8, 4) is 0 Å². The number of aromatic nitrogens is 3. The number of H-pyrrole nitrogens is 1. The molecule has 4 aliphatic rings. The maximum absolute atomic E-state index is 12.4. The maximum atomic E-state index is 12.4. The SMILES string of the molecule is O=C(Nc1ncn[nH]1)C1C2CC3CC(C2)CC1C3. The zero-order chi connectivity index (χ0) is 12.1. The van der Waals surface area contributed by atoms with Crippen molar-refractivity contribution < 1.29 is 4.79 Å². The van der Waals surface area contributed by atoms with Crippen LogP contribution in [0.25, 0.3) is 0 Å². The van der Waals surface area contributed by atoms with Crippen molar-refractivity contribution >= 4 is 11.9 Å². The van der Waals surface area contributed by atoms with Gasteiger partial charge >= 0.3 is 0 Å². The van der Waals surface area contributed by atoms with Gasteiger partial charge in [0.1, 0.15) is 6.33 Å². The molecule has 0 aromatic carbocycles. The molecule has 5 rings (SSSR count). The molecule has 1 amide bonds. The minimum atomic E-state index is 0.153. The minimum Gasteiger partial charge on any atom is -0.295 e. The average Bonchev–Trinajstić information content (AvgIpc) is 2.80. The maximum Gasteiger partial charge on any atom is 0.230 e. The van der Waals surface area contributed by atoms with Gasteiger partial charge in [0, 0.05) is 5.92 Å². The van der Waals surface area contributed by atoms with E-state index in [1.54, 1.807) is 0 Å². The van der Waals surface area contributed by atoms with Crippen LogP contribution >= 0.6 is 0 Å². The van der Waals surface area contributed by atoms with Crippen molar-refractivity contribution in [2.24, 2.45) is 29.6 Å². The second-order valence-corrected chi connectivity index (χ2v) is 6.28. The van der Waals surface area contributed by atoms with E-state index in [4.69, 9.17) is 0 Å². The Morgan fingerprint density at radius 1 is 1.17 bits per heavy atom. The highest BCUT2D eigenvalue weighted by Gasteiger charge is 2.50. The molecule has 4 bridgehead atoms. The summed E-state index contributed by atoms with van der Waals surface area (Å²) >= 11 is 0. The number of amides is 1. The molecule has 0 atom stereocenters. The van der Waals surface area contributed by atoms with Crippen LogP contribution in [-0.2, 0) is 4.79 Å². The van der Waals surface area contributed by atoms with Gasteiger partial charge in [-0.2, -0.15) is 10.1 Å². The van der Waals surface area contributed by atoms with Gasteiger partial charge in [-0.25, -0.2) is 5.10 Å². The van der Waals surface area contributed by atoms with Crippen LogP contribution in [0.2, 0.25) is 0 Å². The summed E-state index contributed by atoms with van der Waals surface area (Å²) in [5.74, 6) is 3.88. The molecule has 18 heavy (non-hydrogen) atoms. The van der Waals surface area contributed by atoms with Gasteiger partial charge in [-0.15, -0.1) is 0 Å². The summed E-state index contributed by atoms with van der Waals surface area (Å²) in [4.78, 5) is 16.4. The number of nitrogens with zero attached hydrogens (tertiary/aromatic N) is 2. The Morgan fingerprint density at radius 3 is 2.39 bits per heavy atom. The molecular formula is C13H18N4O. The van der Waals surface area contributed by atoms with Crippen LogP contribution in [-0.4, -0.2) is 21.1 Å². The van der Waals surface area contributed by atoms with Gasteiger partial charge in [0.05, 0.1) is 0 Å². The first-order valence-electron chi connectivity index (χ1n) is 6.96. The Bertz CT molecular complexity index is 428. The van der Waals surface area contributed by atoms with Crippen LogP contribution in [0, 0.1) is 29.6 Å². The number of carbonyl (C=O) groups excluding carboxylic acids is 1. The Morgan fingerprint density at radius 2 is 1.83 bits per heavy atom. The summed E-state index contributed by atoms with van der Waals surface area (Å²) in [5, 5.41) is 9.34. The lowest BCUT2D eigenvalue weighted by molar-refractivity contribution is -0.132. The first-order chi connectivity index (χ1) is 8.79. The topological polar surface area (TPSA) is 70.7 Å². The smallest absolute Gasteiger partial charge is 0.230 e. The zero-order valence-electron chi connectivity index (χ0n) is 10.3. The molecule has 0 unspecified atom stereocenters. The lowest BCUT2D eigenvalue weighted by atomic mass is 9.51. The Balaban J connectivity index is 1.52. The summed E-state index contributed by atoms with van der Waals surface area (Å²) in [6, 6.07) is 0. The number of anilines is 1. The second kappa shape index (κ2) is 3.80. The van der Waals surface area contributed by atoms with Gasteiger partial charge in [-0.1, -0.05) is 0 Å². The molecule has 4 fully saturated rings. The number of hydrogen-bond donors (Lipinski definition) is 2. The van der Waals surface area contributed by atoms with Gasteiger partial charge in [-0.3, -0.25) is 10.1 Å². The number of aromatic amines is 1. The Kier molecular flexibility index (Phi) is 2.22. The summed E-state index contributed by atoms with van der Waals surface area (Å²) < 4.78 is 0. The quantitative estimate of drug-likeness (QED) is 0.836. The highest BCUT2D eigenvalue weighted by molar-refractivity contribution is 5.91. The molecule has 4 saturated carbocycles. The number of nitrogens with one attached hydrogen (secondary N) is 2. The predicted octanol–water partition coefficient (Wildman–Crippen LogP) is 1.82. The van der Waals surface area contributed by atoms with Crippen LogP contribution in [0.5, 0.6) is 0 Å². The molecule has 4 aliphatic carbocycles. The van der Waals surface area contributed by atoms with E-state index in [1.165, 1.54) is 38.4 Å². The summed E-state index contributed by atoms with van der Waals surface area (Å²) in [5.41, 5.74) is 0. The lowest BCUT2D eigenvalue weighted by Gasteiger charge is -2.53. The molecule has 5 nitrogen and oxygen atoms in total. The van der Waals surface area contributed by atoms with Gasteiger partial charge in [0.25, 0.3) is 0 Å².